The van der Waals surface area contributed by atoms with E-state index in [1.807, 2.05) is 0 Å². The van der Waals surface area contributed by atoms with Crippen LogP contribution in [0.1, 0.15) is 25.7 Å². The van der Waals surface area contributed by atoms with E-state index in [-0.39, 0.29) is 24.4 Å². The Balaban J connectivity index is 2.02. The van der Waals surface area contributed by atoms with E-state index < -0.39 is 0 Å². The molecule has 11 heavy (non-hydrogen) atoms. The normalized spacial score (nSPS) is 50.7. The van der Waals surface area contributed by atoms with Crippen LogP contribution in [0.2, 0.25) is 0 Å². The van der Waals surface area contributed by atoms with Gasteiger partial charge in [0.05, 0.1) is 24.4 Å². The van der Waals surface area contributed by atoms with Gasteiger partial charge in [0, 0.05) is 0 Å². The molecule has 0 aromatic heterocycles. The standard InChI is InChI=1S/C8H14O3/c9-5-1-3-7-6(10)2-4-8(5)11-7/h5-10H,1-4H2/t5-,6-,7+,8+/m1/s1. The third-order valence-electron chi connectivity index (χ3n) is 2.70. The Morgan fingerprint density at radius 1 is 0.818 bits per heavy atom. The fourth-order valence-electron chi connectivity index (χ4n) is 1.97. The quantitative estimate of drug-likeness (QED) is 0.523. The fraction of sp³-hybridized carbons (Fsp3) is 1.00. The van der Waals surface area contributed by atoms with Crippen LogP contribution in [0, 0.1) is 0 Å². The van der Waals surface area contributed by atoms with Crippen molar-refractivity contribution in [2.45, 2.75) is 50.1 Å². The molecule has 2 aliphatic rings. The molecule has 3 heteroatoms. The van der Waals surface area contributed by atoms with E-state index in [1.54, 1.807) is 0 Å². The minimum Gasteiger partial charge on any atom is -0.390 e. The molecule has 2 N–H and O–H groups in total. The SMILES string of the molecule is O[C@@H]1CC[C@@H]2O[C@H]1CC[C@H]2O. The van der Waals surface area contributed by atoms with Crippen LogP contribution in [0.3, 0.4) is 0 Å². The minimum absolute atomic E-state index is 0.00264. The molecule has 0 aromatic rings. The maximum Gasteiger partial charge on any atom is 0.0840 e. The number of ether oxygens (including phenoxy) is 1. The van der Waals surface area contributed by atoms with E-state index in [0.29, 0.717) is 0 Å². The molecular weight excluding hydrogens is 144 g/mol. The molecule has 0 unspecified atom stereocenters. The molecule has 0 radical (unpaired) electrons. The molecule has 3 nitrogen and oxygen atoms in total. The first-order chi connectivity index (χ1) is 5.27. The first kappa shape index (κ1) is 7.53. The van der Waals surface area contributed by atoms with E-state index in [2.05, 4.69) is 0 Å². The van der Waals surface area contributed by atoms with E-state index in [1.165, 1.54) is 0 Å². The largest absolute Gasteiger partial charge is 0.390 e. The highest BCUT2D eigenvalue weighted by Crippen LogP contribution is 2.30. The zero-order chi connectivity index (χ0) is 7.84. The highest BCUT2D eigenvalue weighted by atomic mass is 16.5. The van der Waals surface area contributed by atoms with E-state index >= 15 is 0 Å². The van der Waals surface area contributed by atoms with Gasteiger partial charge in [-0.1, -0.05) is 0 Å². The predicted octanol–water partition coefficient (Wildman–Crippen LogP) is 0.0496. The van der Waals surface area contributed by atoms with Gasteiger partial charge in [-0.3, -0.25) is 0 Å². The minimum atomic E-state index is -0.293. The molecule has 0 spiro atoms. The summed E-state index contributed by atoms with van der Waals surface area (Å²) < 4.78 is 5.45. The summed E-state index contributed by atoms with van der Waals surface area (Å²) in [5, 5.41) is 18.8. The van der Waals surface area contributed by atoms with Crippen molar-refractivity contribution in [1.29, 1.82) is 0 Å². The van der Waals surface area contributed by atoms with Gasteiger partial charge in [0.2, 0.25) is 0 Å². The van der Waals surface area contributed by atoms with E-state index in [9.17, 15) is 10.2 Å². The summed E-state index contributed by atoms with van der Waals surface area (Å²) in [4.78, 5) is 0. The van der Waals surface area contributed by atoms with E-state index in [0.717, 1.165) is 25.7 Å². The van der Waals surface area contributed by atoms with Gasteiger partial charge in [-0.2, -0.15) is 0 Å². The molecule has 64 valence electrons. The summed E-state index contributed by atoms with van der Waals surface area (Å²) in [5.41, 5.74) is 0. The van der Waals surface area contributed by atoms with Crippen molar-refractivity contribution in [1.82, 2.24) is 0 Å². The molecule has 2 rings (SSSR count). The molecule has 0 aromatic carbocycles. The number of hydrogen-bond acceptors (Lipinski definition) is 3. The maximum atomic E-state index is 9.40. The van der Waals surface area contributed by atoms with Gasteiger partial charge >= 0.3 is 0 Å². The Kier molecular flexibility index (Phi) is 1.87. The second-order valence-corrected chi connectivity index (χ2v) is 3.50. The van der Waals surface area contributed by atoms with Gasteiger partial charge in [-0.15, -0.1) is 0 Å². The van der Waals surface area contributed by atoms with Gasteiger partial charge in [0.15, 0.2) is 0 Å². The van der Waals surface area contributed by atoms with Gasteiger partial charge in [-0.05, 0) is 25.7 Å². The zero-order valence-corrected chi connectivity index (χ0v) is 6.44. The van der Waals surface area contributed by atoms with Crippen molar-refractivity contribution in [2.24, 2.45) is 0 Å². The highest BCUT2D eigenvalue weighted by molar-refractivity contribution is 4.87. The Morgan fingerprint density at radius 3 is 1.73 bits per heavy atom. The Morgan fingerprint density at radius 2 is 1.27 bits per heavy atom. The third kappa shape index (κ3) is 1.28. The number of aliphatic hydroxyl groups is 2. The number of fused-ring (bicyclic) bond motifs is 2. The van der Waals surface area contributed by atoms with Gasteiger partial charge in [0.25, 0.3) is 0 Å². The van der Waals surface area contributed by atoms with Crippen LogP contribution >= 0.6 is 0 Å². The van der Waals surface area contributed by atoms with Gasteiger partial charge in [-0.25, -0.2) is 0 Å². The summed E-state index contributed by atoms with van der Waals surface area (Å²) in [6.07, 6.45) is 2.59. The monoisotopic (exact) mass is 158 g/mol. The highest BCUT2D eigenvalue weighted by Gasteiger charge is 2.37. The van der Waals surface area contributed by atoms with Crippen LogP contribution in [-0.2, 0) is 4.74 Å². The second kappa shape index (κ2) is 2.73. The molecular formula is C8H14O3. The van der Waals surface area contributed by atoms with Crippen LogP contribution in [0.4, 0.5) is 0 Å². The number of rotatable bonds is 0. The van der Waals surface area contributed by atoms with Gasteiger partial charge < -0.3 is 14.9 Å². The molecule has 0 aliphatic carbocycles. The van der Waals surface area contributed by atoms with Crippen LogP contribution in [0.15, 0.2) is 0 Å². The second-order valence-electron chi connectivity index (χ2n) is 3.50. The van der Waals surface area contributed by atoms with Crippen LogP contribution in [-0.4, -0.2) is 34.6 Å². The summed E-state index contributed by atoms with van der Waals surface area (Å²) in [5.74, 6) is 0. The lowest BCUT2D eigenvalue weighted by molar-refractivity contribution is -0.182. The maximum absolute atomic E-state index is 9.40. The Hall–Kier alpha value is -0.120. The molecule has 2 aliphatic heterocycles. The van der Waals surface area contributed by atoms with Crippen molar-refractivity contribution < 1.29 is 14.9 Å². The smallest absolute Gasteiger partial charge is 0.0840 e. The molecule has 0 amide bonds. The molecule has 2 fully saturated rings. The van der Waals surface area contributed by atoms with Crippen LogP contribution in [0.5, 0.6) is 0 Å². The Labute approximate surface area is 66.0 Å². The molecule has 0 saturated carbocycles. The first-order valence-electron chi connectivity index (χ1n) is 4.29. The summed E-state index contributed by atoms with van der Waals surface area (Å²) >= 11 is 0. The van der Waals surface area contributed by atoms with E-state index in [4.69, 9.17) is 4.74 Å². The van der Waals surface area contributed by atoms with Crippen molar-refractivity contribution in [2.75, 3.05) is 0 Å². The van der Waals surface area contributed by atoms with Crippen LogP contribution in [0.25, 0.3) is 0 Å². The zero-order valence-electron chi connectivity index (χ0n) is 6.44. The van der Waals surface area contributed by atoms with Crippen LogP contribution < -0.4 is 0 Å². The average Bonchev–Trinajstić information content (AvgIpc) is 2.02. The lowest BCUT2D eigenvalue weighted by Gasteiger charge is -2.40. The average molecular weight is 158 g/mol. The van der Waals surface area contributed by atoms with Crippen molar-refractivity contribution in [3.05, 3.63) is 0 Å². The fourth-order valence-corrected chi connectivity index (χ4v) is 1.97. The predicted molar refractivity (Wildman–Crippen MR) is 39.1 cm³/mol. The Bertz CT molecular complexity index is 132. The van der Waals surface area contributed by atoms with Crippen molar-refractivity contribution in [3.63, 3.8) is 0 Å². The molecule has 4 atom stereocenters. The van der Waals surface area contributed by atoms with Gasteiger partial charge in [0.1, 0.15) is 0 Å². The van der Waals surface area contributed by atoms with Crippen molar-refractivity contribution in [3.8, 4) is 0 Å². The topological polar surface area (TPSA) is 49.7 Å². The number of hydrogen-bond donors (Lipinski definition) is 2. The van der Waals surface area contributed by atoms with Crippen molar-refractivity contribution >= 4 is 0 Å². The molecule has 2 saturated heterocycles. The summed E-state index contributed by atoms with van der Waals surface area (Å²) in [7, 11) is 0. The molecule has 2 bridgehead atoms. The first-order valence-corrected chi connectivity index (χ1v) is 4.29. The summed E-state index contributed by atoms with van der Waals surface area (Å²) in [6, 6.07) is 0. The molecule has 2 heterocycles. The lowest BCUT2D eigenvalue weighted by Crippen LogP contribution is -2.48. The summed E-state index contributed by atoms with van der Waals surface area (Å²) in [6.45, 7) is 0. The third-order valence-corrected chi connectivity index (χ3v) is 2.70. The lowest BCUT2D eigenvalue weighted by atomic mass is 9.88. The number of aliphatic hydroxyl groups excluding tert-OH is 2.